The van der Waals surface area contributed by atoms with Gasteiger partial charge >= 0.3 is 0 Å². The van der Waals surface area contributed by atoms with E-state index in [0.29, 0.717) is 13.0 Å². The summed E-state index contributed by atoms with van der Waals surface area (Å²) in [7, 11) is 0. The van der Waals surface area contributed by atoms with Crippen LogP contribution in [-0.4, -0.2) is 18.7 Å². The zero-order valence-electron chi connectivity index (χ0n) is 14.4. The van der Waals surface area contributed by atoms with Crippen molar-refractivity contribution < 1.29 is 14.3 Å². The van der Waals surface area contributed by atoms with Crippen LogP contribution in [0, 0.1) is 12.8 Å². The summed E-state index contributed by atoms with van der Waals surface area (Å²) in [5.74, 6) is 1.25. The van der Waals surface area contributed by atoms with Gasteiger partial charge in [-0.3, -0.25) is 10.1 Å². The molecule has 2 aromatic rings. The highest BCUT2D eigenvalue weighted by Gasteiger charge is 2.42. The summed E-state index contributed by atoms with van der Waals surface area (Å²) in [5.41, 5.74) is 3.20. The van der Waals surface area contributed by atoms with Crippen LogP contribution in [0.2, 0.25) is 0 Å². The first-order chi connectivity index (χ1) is 12.2. The Bertz CT molecular complexity index is 805. The maximum Gasteiger partial charge on any atom is 0.230 e. The molecule has 1 amide bonds. The lowest BCUT2D eigenvalue weighted by Gasteiger charge is -2.41. The minimum atomic E-state index is -0.367. The predicted molar refractivity (Wildman–Crippen MR) is 94.4 cm³/mol. The Morgan fingerprint density at radius 1 is 1.24 bits per heavy atom. The van der Waals surface area contributed by atoms with Crippen LogP contribution >= 0.6 is 0 Å². The third-order valence-electron chi connectivity index (χ3n) is 4.74. The first-order valence-electron chi connectivity index (χ1n) is 8.70. The molecule has 0 bridgehead atoms. The Kier molecular flexibility index (Phi) is 4.09. The second-order valence-electron chi connectivity index (χ2n) is 6.55. The van der Waals surface area contributed by atoms with Crippen molar-refractivity contribution in [1.82, 2.24) is 10.6 Å². The summed E-state index contributed by atoms with van der Waals surface area (Å²) in [5, 5.41) is 6.50. The number of amides is 1. The number of rotatable bonds is 3. The zero-order chi connectivity index (χ0) is 17.4. The normalized spacial score (nSPS) is 24.6. The minimum Gasteiger partial charge on any atom is -0.490 e. The summed E-state index contributed by atoms with van der Waals surface area (Å²) in [4.78, 5) is 12.7. The van der Waals surface area contributed by atoms with Crippen molar-refractivity contribution >= 4 is 5.91 Å². The van der Waals surface area contributed by atoms with E-state index < -0.39 is 0 Å². The Labute approximate surface area is 147 Å². The van der Waals surface area contributed by atoms with Gasteiger partial charge in [0.05, 0.1) is 12.5 Å². The minimum absolute atomic E-state index is 0.0164. The molecule has 1 saturated heterocycles. The smallest absolute Gasteiger partial charge is 0.230 e. The molecule has 25 heavy (non-hydrogen) atoms. The van der Waals surface area contributed by atoms with Crippen molar-refractivity contribution in [2.24, 2.45) is 5.92 Å². The van der Waals surface area contributed by atoms with Crippen molar-refractivity contribution in [3.05, 3.63) is 59.2 Å². The molecule has 0 aromatic heterocycles. The van der Waals surface area contributed by atoms with Crippen LogP contribution < -0.4 is 20.1 Å². The average Bonchev–Trinajstić information content (AvgIpc) is 2.61. The molecule has 0 saturated carbocycles. The summed E-state index contributed by atoms with van der Waals surface area (Å²) in [6.07, 6.45) is 0.0168. The fourth-order valence-corrected chi connectivity index (χ4v) is 3.54. The van der Waals surface area contributed by atoms with Gasteiger partial charge in [-0.2, -0.15) is 0 Å². The van der Waals surface area contributed by atoms with E-state index in [4.69, 9.17) is 9.47 Å². The molecule has 4 rings (SSSR count). The van der Waals surface area contributed by atoms with E-state index in [2.05, 4.69) is 16.7 Å². The van der Waals surface area contributed by atoms with Gasteiger partial charge in [0.2, 0.25) is 5.91 Å². The number of hydrogen-bond donors (Lipinski definition) is 2. The standard InChI is InChI=1S/C20H22N2O3/c1-3-24-16-9-5-7-13-11-15-19(23)21-18(22-20(15)25-17(13)16)14-8-4-6-12(2)10-14/h4-10,15,18,20,22H,3,11H2,1-2H3,(H,21,23). The van der Waals surface area contributed by atoms with Crippen molar-refractivity contribution in [2.75, 3.05) is 6.61 Å². The lowest BCUT2D eigenvalue weighted by molar-refractivity contribution is -0.135. The molecule has 1 fully saturated rings. The van der Waals surface area contributed by atoms with Gasteiger partial charge < -0.3 is 14.8 Å². The summed E-state index contributed by atoms with van der Waals surface area (Å²) >= 11 is 0. The highest BCUT2D eigenvalue weighted by Crippen LogP contribution is 2.39. The summed E-state index contributed by atoms with van der Waals surface area (Å²) in [6, 6.07) is 14.0. The Morgan fingerprint density at radius 3 is 2.88 bits per heavy atom. The van der Waals surface area contributed by atoms with Gasteiger partial charge in [-0.1, -0.05) is 42.0 Å². The van der Waals surface area contributed by atoms with E-state index in [1.165, 1.54) is 0 Å². The second kappa shape index (κ2) is 6.41. The fourth-order valence-electron chi connectivity index (χ4n) is 3.54. The van der Waals surface area contributed by atoms with Gasteiger partial charge in [-0.25, -0.2) is 0 Å². The van der Waals surface area contributed by atoms with Gasteiger partial charge in [-0.15, -0.1) is 0 Å². The van der Waals surface area contributed by atoms with Crippen molar-refractivity contribution in [3.63, 3.8) is 0 Å². The average molecular weight is 338 g/mol. The highest BCUT2D eigenvalue weighted by molar-refractivity contribution is 5.81. The molecule has 3 unspecified atom stereocenters. The predicted octanol–water partition coefficient (Wildman–Crippen LogP) is 2.69. The van der Waals surface area contributed by atoms with Crippen molar-refractivity contribution in [3.8, 4) is 11.5 Å². The molecule has 0 radical (unpaired) electrons. The van der Waals surface area contributed by atoms with E-state index >= 15 is 0 Å². The first kappa shape index (κ1) is 16.0. The Balaban J connectivity index is 1.62. The van der Waals surface area contributed by atoms with E-state index in [1.807, 2.05) is 50.2 Å². The van der Waals surface area contributed by atoms with Crippen LogP contribution in [0.4, 0.5) is 0 Å². The summed E-state index contributed by atoms with van der Waals surface area (Å²) < 4.78 is 11.9. The molecule has 2 aliphatic rings. The summed E-state index contributed by atoms with van der Waals surface area (Å²) in [6.45, 7) is 4.57. The topological polar surface area (TPSA) is 59.6 Å². The van der Waals surface area contributed by atoms with Gasteiger partial charge in [0.1, 0.15) is 6.17 Å². The van der Waals surface area contributed by atoms with Crippen LogP contribution in [0.1, 0.15) is 29.8 Å². The first-order valence-corrected chi connectivity index (χ1v) is 8.70. The molecule has 5 heteroatoms. The van der Waals surface area contributed by atoms with Gasteiger partial charge in [0.25, 0.3) is 0 Å². The Morgan fingerprint density at radius 2 is 2.08 bits per heavy atom. The Hall–Kier alpha value is -2.53. The number of carbonyl (C=O) groups excluding carboxylic acids is 1. The number of aryl methyl sites for hydroxylation is 1. The molecule has 2 heterocycles. The number of ether oxygens (including phenoxy) is 2. The quantitative estimate of drug-likeness (QED) is 0.903. The van der Waals surface area contributed by atoms with E-state index in [0.717, 1.165) is 28.2 Å². The number of carbonyl (C=O) groups is 1. The maximum absolute atomic E-state index is 12.7. The van der Waals surface area contributed by atoms with Crippen LogP contribution in [0.5, 0.6) is 11.5 Å². The highest BCUT2D eigenvalue weighted by atomic mass is 16.5. The molecule has 2 N–H and O–H groups in total. The van der Waals surface area contributed by atoms with Crippen LogP contribution in [0.15, 0.2) is 42.5 Å². The number of para-hydroxylation sites is 1. The lowest BCUT2D eigenvalue weighted by Crippen LogP contribution is -2.60. The number of fused-ring (bicyclic) bond motifs is 2. The molecule has 2 aliphatic heterocycles. The molecule has 0 spiro atoms. The molecule has 5 nitrogen and oxygen atoms in total. The zero-order valence-corrected chi connectivity index (χ0v) is 14.4. The van der Waals surface area contributed by atoms with Crippen LogP contribution in [-0.2, 0) is 11.2 Å². The van der Waals surface area contributed by atoms with Crippen molar-refractivity contribution in [1.29, 1.82) is 0 Å². The third kappa shape index (κ3) is 2.96. The van der Waals surface area contributed by atoms with Crippen LogP contribution in [0.25, 0.3) is 0 Å². The van der Waals surface area contributed by atoms with E-state index in [9.17, 15) is 4.79 Å². The number of hydrogen-bond acceptors (Lipinski definition) is 4. The fraction of sp³-hybridized carbons (Fsp3) is 0.350. The lowest BCUT2D eigenvalue weighted by atomic mass is 9.90. The van der Waals surface area contributed by atoms with Gasteiger partial charge in [0, 0.05) is 0 Å². The molecular formula is C20H22N2O3. The second-order valence-corrected chi connectivity index (χ2v) is 6.55. The largest absolute Gasteiger partial charge is 0.490 e. The molecular weight excluding hydrogens is 316 g/mol. The molecule has 130 valence electrons. The maximum atomic E-state index is 12.7. The van der Waals surface area contributed by atoms with Gasteiger partial charge in [-0.05, 0) is 37.5 Å². The van der Waals surface area contributed by atoms with Gasteiger partial charge in [0.15, 0.2) is 17.7 Å². The SMILES string of the molecule is CCOc1cccc2c1OC1NC(c3cccc(C)c3)NC(=O)C1C2. The molecule has 0 aliphatic carbocycles. The van der Waals surface area contributed by atoms with Crippen molar-refractivity contribution in [2.45, 2.75) is 32.7 Å². The van der Waals surface area contributed by atoms with E-state index in [-0.39, 0.29) is 24.2 Å². The monoisotopic (exact) mass is 338 g/mol. The van der Waals surface area contributed by atoms with E-state index in [1.54, 1.807) is 0 Å². The molecule has 3 atom stereocenters. The number of benzene rings is 2. The van der Waals surface area contributed by atoms with Crippen LogP contribution in [0.3, 0.4) is 0 Å². The number of nitrogens with one attached hydrogen (secondary N) is 2. The molecule has 2 aromatic carbocycles. The third-order valence-corrected chi connectivity index (χ3v) is 4.74.